The zero-order chi connectivity index (χ0) is 20.9. The van der Waals surface area contributed by atoms with Crippen LogP contribution in [0.5, 0.6) is 0 Å². The van der Waals surface area contributed by atoms with Crippen molar-refractivity contribution in [1.29, 1.82) is 0 Å². The molecule has 0 saturated carbocycles. The van der Waals surface area contributed by atoms with Gasteiger partial charge < -0.3 is 9.84 Å². The predicted octanol–water partition coefficient (Wildman–Crippen LogP) is 5.65. The van der Waals surface area contributed by atoms with Gasteiger partial charge in [-0.15, -0.1) is 0 Å². The SMILES string of the molecule is CC[C@@](C)(c1ccccc1)[C@H](OC(=O)c1ccccc1C(=O)O)c1ccccc1. The lowest BCUT2D eigenvalue weighted by molar-refractivity contribution is 0.00568. The standard InChI is InChI=1S/C25H24O4/c1-3-25(2,19-14-8-5-9-15-19)22(18-12-6-4-7-13-18)29-24(28)21-17-11-10-16-20(21)23(26)27/h4-17,22H,3H2,1-2H3,(H,26,27)/t22-,25+/m1/s1. The van der Waals surface area contributed by atoms with Crippen LogP contribution in [0, 0.1) is 0 Å². The van der Waals surface area contributed by atoms with Crippen LogP contribution in [-0.2, 0) is 10.2 Å². The third kappa shape index (κ3) is 4.21. The molecule has 0 aromatic heterocycles. The number of carboxylic acids is 1. The predicted molar refractivity (Wildman–Crippen MR) is 112 cm³/mol. The largest absolute Gasteiger partial charge is 0.478 e. The second kappa shape index (κ2) is 8.74. The summed E-state index contributed by atoms with van der Waals surface area (Å²) < 4.78 is 6.02. The van der Waals surface area contributed by atoms with E-state index in [1.807, 2.05) is 60.7 Å². The van der Waals surface area contributed by atoms with Gasteiger partial charge in [0, 0.05) is 5.41 Å². The molecule has 0 heterocycles. The second-order valence-corrected chi connectivity index (χ2v) is 7.18. The van der Waals surface area contributed by atoms with E-state index in [2.05, 4.69) is 13.8 Å². The maximum Gasteiger partial charge on any atom is 0.339 e. The molecule has 3 aromatic carbocycles. The van der Waals surface area contributed by atoms with Crippen molar-refractivity contribution < 1.29 is 19.4 Å². The fraction of sp³-hybridized carbons (Fsp3) is 0.200. The summed E-state index contributed by atoms with van der Waals surface area (Å²) in [4.78, 5) is 24.6. The Bertz CT molecular complexity index is 982. The first-order chi connectivity index (χ1) is 14.0. The van der Waals surface area contributed by atoms with Crippen LogP contribution in [0.15, 0.2) is 84.9 Å². The Hall–Kier alpha value is -3.40. The van der Waals surface area contributed by atoms with Crippen molar-refractivity contribution in [3.05, 3.63) is 107 Å². The minimum Gasteiger partial charge on any atom is -0.478 e. The van der Waals surface area contributed by atoms with E-state index < -0.39 is 23.5 Å². The van der Waals surface area contributed by atoms with Crippen molar-refractivity contribution in [3.63, 3.8) is 0 Å². The van der Waals surface area contributed by atoms with Gasteiger partial charge in [0.2, 0.25) is 0 Å². The topological polar surface area (TPSA) is 63.6 Å². The lowest BCUT2D eigenvalue weighted by atomic mass is 9.73. The number of hydrogen-bond acceptors (Lipinski definition) is 3. The maximum absolute atomic E-state index is 13.1. The third-order valence-electron chi connectivity index (χ3n) is 5.45. The maximum atomic E-state index is 13.1. The highest BCUT2D eigenvalue weighted by Gasteiger charge is 2.39. The summed E-state index contributed by atoms with van der Waals surface area (Å²) in [5.41, 5.74) is 1.41. The van der Waals surface area contributed by atoms with Crippen LogP contribution < -0.4 is 0 Å². The van der Waals surface area contributed by atoms with E-state index in [-0.39, 0.29) is 11.1 Å². The second-order valence-electron chi connectivity index (χ2n) is 7.18. The molecule has 0 fully saturated rings. The van der Waals surface area contributed by atoms with Crippen LogP contribution in [0.3, 0.4) is 0 Å². The van der Waals surface area contributed by atoms with Gasteiger partial charge in [0.25, 0.3) is 0 Å². The summed E-state index contributed by atoms with van der Waals surface area (Å²) in [5.74, 6) is -1.80. The van der Waals surface area contributed by atoms with Crippen molar-refractivity contribution in [2.45, 2.75) is 31.8 Å². The van der Waals surface area contributed by atoms with E-state index >= 15 is 0 Å². The molecule has 2 atom stereocenters. The molecule has 0 unspecified atom stereocenters. The Morgan fingerprint density at radius 3 is 1.93 bits per heavy atom. The molecule has 1 N–H and O–H groups in total. The van der Waals surface area contributed by atoms with Crippen molar-refractivity contribution in [3.8, 4) is 0 Å². The van der Waals surface area contributed by atoms with Crippen LogP contribution in [0.25, 0.3) is 0 Å². The Morgan fingerprint density at radius 1 is 0.862 bits per heavy atom. The monoisotopic (exact) mass is 388 g/mol. The number of ether oxygens (including phenoxy) is 1. The molecule has 0 saturated heterocycles. The van der Waals surface area contributed by atoms with Gasteiger partial charge in [-0.25, -0.2) is 9.59 Å². The lowest BCUT2D eigenvalue weighted by Crippen LogP contribution is -2.33. The molecule has 4 nitrogen and oxygen atoms in total. The molecule has 0 aliphatic carbocycles. The average Bonchev–Trinajstić information content (AvgIpc) is 2.78. The van der Waals surface area contributed by atoms with E-state index in [0.717, 1.165) is 17.5 Å². The first kappa shape index (κ1) is 20.3. The van der Waals surface area contributed by atoms with E-state index in [1.54, 1.807) is 12.1 Å². The van der Waals surface area contributed by atoms with E-state index in [4.69, 9.17) is 4.74 Å². The number of carbonyl (C=O) groups excluding carboxylic acids is 1. The quantitative estimate of drug-likeness (QED) is 0.531. The number of hydrogen-bond donors (Lipinski definition) is 1. The Morgan fingerprint density at radius 2 is 1.38 bits per heavy atom. The van der Waals surface area contributed by atoms with Crippen LogP contribution in [-0.4, -0.2) is 17.0 Å². The Balaban J connectivity index is 2.06. The average molecular weight is 388 g/mol. The zero-order valence-corrected chi connectivity index (χ0v) is 16.5. The lowest BCUT2D eigenvalue weighted by Gasteiger charge is -2.37. The summed E-state index contributed by atoms with van der Waals surface area (Å²) in [7, 11) is 0. The van der Waals surface area contributed by atoms with Gasteiger partial charge in [-0.2, -0.15) is 0 Å². The molecule has 0 bridgehead atoms. The fourth-order valence-corrected chi connectivity index (χ4v) is 3.57. The minimum atomic E-state index is -1.16. The first-order valence-corrected chi connectivity index (χ1v) is 9.61. The van der Waals surface area contributed by atoms with Crippen molar-refractivity contribution in [2.24, 2.45) is 0 Å². The molecule has 0 aliphatic rings. The van der Waals surface area contributed by atoms with Crippen LogP contribution >= 0.6 is 0 Å². The van der Waals surface area contributed by atoms with Gasteiger partial charge in [0.1, 0.15) is 6.10 Å². The number of carboxylic acid groups (broad SMARTS) is 1. The highest BCUT2D eigenvalue weighted by molar-refractivity contribution is 6.02. The van der Waals surface area contributed by atoms with Gasteiger partial charge in [0.15, 0.2) is 0 Å². The van der Waals surface area contributed by atoms with Gasteiger partial charge in [-0.3, -0.25) is 0 Å². The first-order valence-electron chi connectivity index (χ1n) is 9.61. The molecule has 3 aromatic rings. The number of benzene rings is 3. The highest BCUT2D eigenvalue weighted by atomic mass is 16.5. The smallest absolute Gasteiger partial charge is 0.339 e. The molecule has 0 spiro atoms. The third-order valence-corrected chi connectivity index (χ3v) is 5.45. The minimum absolute atomic E-state index is 0.0486. The van der Waals surface area contributed by atoms with Crippen molar-refractivity contribution in [2.75, 3.05) is 0 Å². The molecular formula is C25H24O4. The highest BCUT2D eigenvalue weighted by Crippen LogP contribution is 2.43. The van der Waals surface area contributed by atoms with E-state index in [0.29, 0.717) is 0 Å². The van der Waals surface area contributed by atoms with Crippen LogP contribution in [0.4, 0.5) is 0 Å². The van der Waals surface area contributed by atoms with Gasteiger partial charge in [-0.05, 0) is 29.7 Å². The molecule has 0 amide bonds. The number of rotatable bonds is 7. The summed E-state index contributed by atoms with van der Waals surface area (Å²) in [5, 5.41) is 9.44. The molecule has 0 radical (unpaired) electrons. The van der Waals surface area contributed by atoms with Crippen LogP contribution in [0.2, 0.25) is 0 Å². The number of carbonyl (C=O) groups is 2. The molecule has 29 heavy (non-hydrogen) atoms. The molecule has 3 rings (SSSR count). The summed E-state index contributed by atoms with van der Waals surface area (Å²) in [6, 6.07) is 25.6. The molecule has 0 aliphatic heterocycles. The van der Waals surface area contributed by atoms with Gasteiger partial charge in [0.05, 0.1) is 11.1 Å². The van der Waals surface area contributed by atoms with Crippen molar-refractivity contribution in [1.82, 2.24) is 0 Å². The van der Waals surface area contributed by atoms with Gasteiger partial charge >= 0.3 is 11.9 Å². The Kier molecular flexibility index (Phi) is 6.13. The summed E-state index contributed by atoms with van der Waals surface area (Å²) >= 11 is 0. The van der Waals surface area contributed by atoms with E-state index in [1.165, 1.54) is 12.1 Å². The summed E-state index contributed by atoms with van der Waals surface area (Å²) in [6.45, 7) is 4.12. The Labute approximate surface area is 170 Å². The molecule has 148 valence electrons. The van der Waals surface area contributed by atoms with Gasteiger partial charge in [-0.1, -0.05) is 86.6 Å². The number of aromatic carboxylic acids is 1. The summed E-state index contributed by atoms with van der Waals surface area (Å²) in [6.07, 6.45) is 0.148. The normalized spacial score (nSPS) is 13.9. The molecular weight excluding hydrogens is 364 g/mol. The zero-order valence-electron chi connectivity index (χ0n) is 16.5. The number of esters is 1. The van der Waals surface area contributed by atoms with Crippen molar-refractivity contribution >= 4 is 11.9 Å². The fourth-order valence-electron chi connectivity index (χ4n) is 3.57. The van der Waals surface area contributed by atoms with E-state index in [9.17, 15) is 14.7 Å². The van der Waals surface area contributed by atoms with Crippen LogP contribution in [0.1, 0.15) is 58.2 Å². The molecule has 4 heteroatoms.